The maximum Gasteiger partial charge on any atom is 0.220 e. The van der Waals surface area contributed by atoms with E-state index in [1.807, 2.05) is 0 Å². The Labute approximate surface area is 505 Å². The molecule has 4 heteroatoms. The smallest absolute Gasteiger partial charge is 0.220 e. The number of hydrogen-bond donors (Lipinski definition) is 2. The fraction of sp³-hybridized carbons (Fsp3) is 0.921. The number of amides is 2. The fourth-order valence-electron chi connectivity index (χ4n) is 12.0. The summed E-state index contributed by atoms with van der Waals surface area (Å²) in [5, 5.41) is 0. The first kappa shape index (κ1) is 80.5. The highest BCUT2D eigenvalue weighted by Gasteiger charge is 2.15. The summed E-state index contributed by atoms with van der Waals surface area (Å²) in [5.41, 5.74) is 11.4. The lowest BCUT2D eigenvalue weighted by molar-refractivity contribution is -0.123. The molecule has 0 fully saturated rings. The Balaban J connectivity index is 0. The van der Waals surface area contributed by atoms with E-state index in [0.717, 1.165) is 32.1 Å². The Morgan fingerprint density at radius 2 is 0.338 bits per heavy atom. The number of carbonyl (C=O) groups is 2. The first-order valence-corrected chi connectivity index (χ1v) is 37.3. The summed E-state index contributed by atoms with van der Waals surface area (Å²) in [4.78, 5) is 23.8. The minimum Gasteiger partial charge on any atom is -0.369 e. The Bertz CT molecular complexity index is 1210. The van der Waals surface area contributed by atoms with Gasteiger partial charge in [0.05, 0.1) is 0 Å². The topological polar surface area (TPSA) is 86.2 Å². The van der Waals surface area contributed by atoms with Crippen molar-refractivity contribution in [1.82, 2.24) is 0 Å². The first-order valence-electron chi connectivity index (χ1n) is 37.3. The third kappa shape index (κ3) is 70.7. The summed E-state index contributed by atoms with van der Waals surface area (Å²) < 4.78 is 0. The Kier molecular flexibility index (Phi) is 74.0. The maximum atomic E-state index is 11.9. The van der Waals surface area contributed by atoms with Crippen LogP contribution >= 0.6 is 0 Å². The second-order valence-corrected chi connectivity index (χ2v) is 25.8. The van der Waals surface area contributed by atoms with Crippen molar-refractivity contribution in [3.63, 3.8) is 0 Å². The molecule has 0 aliphatic rings. The van der Waals surface area contributed by atoms with E-state index >= 15 is 0 Å². The van der Waals surface area contributed by atoms with Crippen molar-refractivity contribution in [2.75, 3.05) is 0 Å². The lowest BCUT2D eigenvalue weighted by Gasteiger charge is -2.13. The van der Waals surface area contributed by atoms with Crippen LogP contribution in [0.1, 0.15) is 439 Å². The van der Waals surface area contributed by atoms with Gasteiger partial charge in [0.25, 0.3) is 0 Å². The number of hydrogen-bond acceptors (Lipinski definition) is 2. The van der Waals surface area contributed by atoms with Crippen LogP contribution in [0.3, 0.4) is 0 Å². The Hall–Kier alpha value is -1.58. The van der Waals surface area contributed by atoms with Gasteiger partial charge in [-0.3, -0.25) is 9.59 Å². The Morgan fingerprint density at radius 1 is 0.212 bits per heavy atom. The van der Waals surface area contributed by atoms with Crippen molar-refractivity contribution in [2.45, 2.75) is 439 Å². The quantitative estimate of drug-likeness (QED) is 0.0470. The summed E-state index contributed by atoms with van der Waals surface area (Å²) in [5.74, 6) is 0.102. The van der Waals surface area contributed by atoms with Gasteiger partial charge in [0.15, 0.2) is 0 Å². The highest BCUT2D eigenvalue weighted by molar-refractivity contribution is 5.76. The molecule has 2 atom stereocenters. The SMILES string of the molecule is CCCCCCCCC=CCCCCCCC(CCCCCCCCCCCCCCCCCC)C(N)=O.CCCCCCCCC=CCCCCCCCCCCC(CCCCCCCCCCCCCCCCCC)C(N)=O. The zero-order valence-corrected chi connectivity index (χ0v) is 55.7. The van der Waals surface area contributed by atoms with Gasteiger partial charge < -0.3 is 11.5 Å². The van der Waals surface area contributed by atoms with Gasteiger partial charge in [-0.1, -0.05) is 386 Å². The summed E-state index contributed by atoms with van der Waals surface area (Å²) in [6, 6.07) is 0. The molecule has 0 spiro atoms. The molecular formula is C76H150N2O2. The molecule has 476 valence electrons. The molecule has 0 heterocycles. The molecule has 0 aromatic rings. The van der Waals surface area contributed by atoms with Crippen LogP contribution in [0.2, 0.25) is 0 Å². The van der Waals surface area contributed by atoms with Crippen molar-refractivity contribution in [2.24, 2.45) is 23.3 Å². The summed E-state index contributed by atoms with van der Waals surface area (Å²) in [6.07, 6.45) is 95.5. The van der Waals surface area contributed by atoms with E-state index in [-0.39, 0.29) is 23.7 Å². The second-order valence-electron chi connectivity index (χ2n) is 25.8. The standard InChI is InChI=1S/C40H79NO.C36H71NO/c1-3-5-7-9-11-13-15-17-19-21-22-24-26-28-30-32-34-36-38-39(40(41)42)37-35-33-31-29-27-25-23-20-18-16-14-12-10-8-6-4-2;1-3-5-7-9-11-13-15-17-19-20-22-24-26-28-30-32-34-35(36(37)38)33-31-29-27-25-23-21-18-16-14-12-10-8-6-4-2/h17,19,39H,3-16,18,20-38H2,1-2H3,(H2,41,42);18,21,35H,3-17,19-20,22-34H2,1-2H3,(H2,37,38). The molecule has 2 amide bonds. The zero-order chi connectivity index (χ0) is 58.4. The van der Waals surface area contributed by atoms with Crippen molar-refractivity contribution in [3.8, 4) is 0 Å². The number of allylic oxidation sites excluding steroid dienone is 4. The molecule has 0 radical (unpaired) electrons. The normalized spacial score (nSPS) is 12.4. The van der Waals surface area contributed by atoms with Gasteiger partial charge in [0.2, 0.25) is 11.8 Å². The molecule has 4 N–H and O–H groups in total. The highest BCUT2D eigenvalue weighted by atomic mass is 16.1. The zero-order valence-electron chi connectivity index (χ0n) is 55.7. The predicted molar refractivity (Wildman–Crippen MR) is 362 cm³/mol. The lowest BCUT2D eigenvalue weighted by atomic mass is 9.93. The Morgan fingerprint density at radius 3 is 0.475 bits per heavy atom. The molecule has 0 aliphatic heterocycles. The van der Waals surface area contributed by atoms with Gasteiger partial charge in [0.1, 0.15) is 0 Å². The maximum absolute atomic E-state index is 11.9. The van der Waals surface area contributed by atoms with Crippen LogP contribution in [-0.4, -0.2) is 11.8 Å². The average Bonchev–Trinajstić information content (AvgIpc) is 3.45. The van der Waals surface area contributed by atoms with E-state index in [4.69, 9.17) is 11.5 Å². The summed E-state index contributed by atoms with van der Waals surface area (Å²) in [6.45, 7) is 9.15. The largest absolute Gasteiger partial charge is 0.369 e. The summed E-state index contributed by atoms with van der Waals surface area (Å²) >= 11 is 0. The van der Waals surface area contributed by atoms with Crippen molar-refractivity contribution < 1.29 is 9.59 Å². The van der Waals surface area contributed by atoms with Crippen LogP contribution in [0.4, 0.5) is 0 Å². The van der Waals surface area contributed by atoms with Crippen LogP contribution in [-0.2, 0) is 9.59 Å². The molecule has 0 rings (SSSR count). The molecule has 0 aromatic heterocycles. The van der Waals surface area contributed by atoms with Crippen LogP contribution in [0.15, 0.2) is 24.3 Å². The van der Waals surface area contributed by atoms with Crippen LogP contribution in [0.5, 0.6) is 0 Å². The van der Waals surface area contributed by atoms with Crippen LogP contribution in [0.25, 0.3) is 0 Å². The number of primary amides is 2. The molecule has 2 unspecified atom stereocenters. The van der Waals surface area contributed by atoms with Gasteiger partial charge in [-0.25, -0.2) is 0 Å². The van der Waals surface area contributed by atoms with Gasteiger partial charge in [-0.05, 0) is 77.0 Å². The molecule has 4 nitrogen and oxygen atoms in total. The number of nitrogens with two attached hydrogens (primary N) is 2. The van der Waals surface area contributed by atoms with E-state index in [2.05, 4.69) is 52.0 Å². The van der Waals surface area contributed by atoms with Gasteiger partial charge in [-0.2, -0.15) is 0 Å². The molecule has 0 bridgehead atoms. The van der Waals surface area contributed by atoms with E-state index in [9.17, 15) is 9.59 Å². The van der Waals surface area contributed by atoms with Crippen LogP contribution < -0.4 is 11.5 Å². The highest BCUT2D eigenvalue weighted by Crippen LogP contribution is 2.23. The third-order valence-corrected chi connectivity index (χ3v) is 17.7. The molecule has 0 aliphatic carbocycles. The molecule has 0 saturated heterocycles. The van der Waals surface area contributed by atoms with Gasteiger partial charge >= 0.3 is 0 Å². The number of unbranched alkanes of at least 4 members (excludes halogenated alkanes) is 54. The molecule has 0 saturated carbocycles. The number of rotatable bonds is 68. The predicted octanol–water partition coefficient (Wildman–Crippen LogP) is 26.3. The van der Waals surface area contributed by atoms with Crippen molar-refractivity contribution >= 4 is 11.8 Å². The van der Waals surface area contributed by atoms with E-state index in [1.165, 1.54) is 379 Å². The van der Waals surface area contributed by atoms with Gasteiger partial charge in [-0.15, -0.1) is 0 Å². The van der Waals surface area contributed by atoms with E-state index < -0.39 is 0 Å². The minimum absolute atomic E-state index is 0.0583. The molecule has 80 heavy (non-hydrogen) atoms. The fourth-order valence-corrected chi connectivity index (χ4v) is 12.0. The van der Waals surface area contributed by atoms with Gasteiger partial charge in [0, 0.05) is 11.8 Å². The first-order chi connectivity index (χ1) is 39.4. The minimum atomic E-state index is -0.0661. The second kappa shape index (κ2) is 73.5. The van der Waals surface area contributed by atoms with Crippen LogP contribution in [0, 0.1) is 11.8 Å². The third-order valence-electron chi connectivity index (χ3n) is 17.7. The molecular weight excluding hydrogens is 973 g/mol. The monoisotopic (exact) mass is 1120 g/mol. The number of carbonyl (C=O) groups excluding carboxylic acids is 2. The lowest BCUT2D eigenvalue weighted by Crippen LogP contribution is -2.23. The average molecular weight is 1120 g/mol. The van der Waals surface area contributed by atoms with E-state index in [0.29, 0.717) is 0 Å². The molecule has 0 aromatic carbocycles. The summed E-state index contributed by atoms with van der Waals surface area (Å²) in [7, 11) is 0. The van der Waals surface area contributed by atoms with Crippen molar-refractivity contribution in [3.05, 3.63) is 24.3 Å². The van der Waals surface area contributed by atoms with Crippen molar-refractivity contribution in [1.29, 1.82) is 0 Å². The van der Waals surface area contributed by atoms with E-state index in [1.54, 1.807) is 0 Å².